The van der Waals surface area contributed by atoms with Crippen molar-refractivity contribution in [1.82, 2.24) is 9.80 Å². The standard InChI is InChI=1S/C15H19FN2O2/c1-17(2)15(19)11-7-18(3)14-10-6-9(16)4-5-13(10)20-8-12(11)14/h4-6,11-12,14H,7-8H2,1-3H3/t11-,12+,14+/m1/s1. The highest BCUT2D eigenvalue weighted by Gasteiger charge is 2.48. The maximum Gasteiger partial charge on any atom is 0.226 e. The van der Waals surface area contributed by atoms with E-state index in [9.17, 15) is 9.18 Å². The fourth-order valence-electron chi connectivity index (χ4n) is 3.44. The third-order valence-electron chi connectivity index (χ3n) is 4.36. The van der Waals surface area contributed by atoms with Crippen LogP contribution in [0.2, 0.25) is 0 Å². The van der Waals surface area contributed by atoms with Crippen molar-refractivity contribution in [3.05, 3.63) is 29.6 Å². The summed E-state index contributed by atoms with van der Waals surface area (Å²) in [5.74, 6) is 0.592. The van der Waals surface area contributed by atoms with Gasteiger partial charge in [0.2, 0.25) is 5.91 Å². The molecule has 0 aliphatic carbocycles. The van der Waals surface area contributed by atoms with Crippen molar-refractivity contribution < 1.29 is 13.9 Å². The van der Waals surface area contributed by atoms with Gasteiger partial charge >= 0.3 is 0 Å². The maximum atomic E-state index is 13.5. The fraction of sp³-hybridized carbons (Fsp3) is 0.533. The van der Waals surface area contributed by atoms with Crippen molar-refractivity contribution in [2.75, 3.05) is 34.3 Å². The van der Waals surface area contributed by atoms with Crippen LogP contribution in [-0.4, -0.2) is 50.0 Å². The van der Waals surface area contributed by atoms with Crippen LogP contribution in [0.25, 0.3) is 0 Å². The van der Waals surface area contributed by atoms with Crippen molar-refractivity contribution in [3.63, 3.8) is 0 Å². The number of hydrogen-bond donors (Lipinski definition) is 0. The van der Waals surface area contributed by atoms with Gasteiger partial charge in [0.25, 0.3) is 0 Å². The largest absolute Gasteiger partial charge is 0.493 e. The predicted molar refractivity (Wildman–Crippen MR) is 72.9 cm³/mol. The summed E-state index contributed by atoms with van der Waals surface area (Å²) in [5, 5.41) is 0. The fourth-order valence-corrected chi connectivity index (χ4v) is 3.44. The average Bonchev–Trinajstić information content (AvgIpc) is 2.75. The van der Waals surface area contributed by atoms with E-state index < -0.39 is 0 Å². The molecule has 0 saturated carbocycles. The van der Waals surface area contributed by atoms with E-state index >= 15 is 0 Å². The Morgan fingerprint density at radius 1 is 1.45 bits per heavy atom. The van der Waals surface area contributed by atoms with Gasteiger partial charge in [-0.15, -0.1) is 0 Å². The molecule has 3 rings (SSSR count). The summed E-state index contributed by atoms with van der Waals surface area (Å²) in [6.45, 7) is 1.20. The number of carbonyl (C=O) groups is 1. The molecule has 0 spiro atoms. The molecule has 20 heavy (non-hydrogen) atoms. The number of amides is 1. The summed E-state index contributed by atoms with van der Waals surface area (Å²) in [7, 11) is 5.53. The third kappa shape index (κ3) is 1.97. The summed E-state index contributed by atoms with van der Waals surface area (Å²) in [6.07, 6.45) is 0. The molecule has 108 valence electrons. The Morgan fingerprint density at radius 3 is 2.90 bits per heavy atom. The van der Waals surface area contributed by atoms with E-state index in [-0.39, 0.29) is 29.6 Å². The molecule has 1 aromatic carbocycles. The summed E-state index contributed by atoms with van der Waals surface area (Å²) in [5.41, 5.74) is 0.859. The number of carbonyl (C=O) groups excluding carboxylic acids is 1. The van der Waals surface area contributed by atoms with Gasteiger partial charge in [-0.25, -0.2) is 4.39 Å². The van der Waals surface area contributed by atoms with Crippen LogP contribution >= 0.6 is 0 Å². The Morgan fingerprint density at radius 2 is 2.20 bits per heavy atom. The van der Waals surface area contributed by atoms with Crippen LogP contribution in [0.3, 0.4) is 0 Å². The van der Waals surface area contributed by atoms with E-state index in [4.69, 9.17) is 4.74 Å². The number of halogens is 1. The lowest BCUT2D eigenvalue weighted by Gasteiger charge is -2.33. The summed E-state index contributed by atoms with van der Waals surface area (Å²) in [6, 6.07) is 4.68. The van der Waals surface area contributed by atoms with E-state index in [0.717, 1.165) is 11.3 Å². The second-order valence-electron chi connectivity index (χ2n) is 5.88. The number of hydrogen-bond acceptors (Lipinski definition) is 3. The molecule has 2 heterocycles. The van der Waals surface area contributed by atoms with E-state index in [1.54, 1.807) is 25.1 Å². The van der Waals surface area contributed by atoms with Crippen LogP contribution in [0.4, 0.5) is 4.39 Å². The van der Waals surface area contributed by atoms with Crippen molar-refractivity contribution in [3.8, 4) is 5.75 Å². The molecule has 1 amide bonds. The molecule has 5 heteroatoms. The molecule has 0 unspecified atom stereocenters. The topological polar surface area (TPSA) is 32.8 Å². The van der Waals surface area contributed by atoms with Crippen LogP contribution in [-0.2, 0) is 4.79 Å². The zero-order chi connectivity index (χ0) is 14.4. The number of benzene rings is 1. The number of likely N-dealkylation sites (tertiary alicyclic amines) is 1. The minimum atomic E-state index is -0.260. The molecule has 2 aliphatic rings. The molecule has 4 nitrogen and oxygen atoms in total. The Balaban J connectivity index is 1.97. The lowest BCUT2D eigenvalue weighted by atomic mass is 9.84. The highest BCUT2D eigenvalue weighted by molar-refractivity contribution is 5.79. The molecule has 2 aliphatic heterocycles. The first kappa shape index (κ1) is 13.4. The maximum absolute atomic E-state index is 13.5. The molecule has 3 atom stereocenters. The lowest BCUT2D eigenvalue weighted by molar-refractivity contribution is -0.134. The van der Waals surface area contributed by atoms with Gasteiger partial charge in [-0.3, -0.25) is 9.69 Å². The molecule has 0 bridgehead atoms. The van der Waals surface area contributed by atoms with Gasteiger partial charge in [0.05, 0.1) is 12.5 Å². The molecule has 1 fully saturated rings. The summed E-state index contributed by atoms with van der Waals surface area (Å²) < 4.78 is 19.3. The van der Waals surface area contributed by atoms with E-state index in [1.165, 1.54) is 12.1 Å². The van der Waals surface area contributed by atoms with Gasteiger partial charge in [0.1, 0.15) is 11.6 Å². The van der Waals surface area contributed by atoms with Crippen LogP contribution in [0, 0.1) is 17.7 Å². The Labute approximate surface area is 118 Å². The zero-order valence-corrected chi connectivity index (χ0v) is 12.0. The number of rotatable bonds is 1. The van der Waals surface area contributed by atoms with Gasteiger partial charge in [-0.1, -0.05) is 0 Å². The Bertz CT molecular complexity index is 547. The molecule has 0 radical (unpaired) electrons. The van der Waals surface area contributed by atoms with Crippen molar-refractivity contribution in [1.29, 1.82) is 0 Å². The predicted octanol–water partition coefficient (Wildman–Crippen LogP) is 1.53. The summed E-state index contributed by atoms with van der Waals surface area (Å²) >= 11 is 0. The first-order chi connectivity index (χ1) is 9.49. The SMILES string of the molecule is CN(C)C(=O)[C@@H]1CN(C)[C@H]2c3cc(F)ccc3OC[C@@H]12. The first-order valence-corrected chi connectivity index (χ1v) is 6.82. The normalized spacial score (nSPS) is 28.5. The van der Waals surface area contributed by atoms with Crippen molar-refractivity contribution >= 4 is 5.91 Å². The van der Waals surface area contributed by atoms with E-state index in [1.807, 2.05) is 7.05 Å². The molecular formula is C15H19FN2O2. The smallest absolute Gasteiger partial charge is 0.226 e. The molecular weight excluding hydrogens is 259 g/mol. The quantitative estimate of drug-likeness (QED) is 0.781. The van der Waals surface area contributed by atoms with Crippen molar-refractivity contribution in [2.24, 2.45) is 11.8 Å². The highest BCUT2D eigenvalue weighted by Crippen LogP contribution is 2.47. The first-order valence-electron chi connectivity index (χ1n) is 6.82. The summed E-state index contributed by atoms with van der Waals surface area (Å²) in [4.78, 5) is 16.1. The molecule has 1 saturated heterocycles. The van der Waals surface area contributed by atoms with Gasteiger partial charge in [0, 0.05) is 38.2 Å². The van der Waals surface area contributed by atoms with Gasteiger partial charge in [-0.05, 0) is 25.2 Å². The Hall–Kier alpha value is -1.62. The molecule has 0 aromatic heterocycles. The highest BCUT2D eigenvalue weighted by atomic mass is 19.1. The second kappa shape index (κ2) is 4.74. The van der Waals surface area contributed by atoms with E-state index in [0.29, 0.717) is 13.2 Å². The minimum Gasteiger partial charge on any atom is -0.493 e. The number of ether oxygens (including phenoxy) is 1. The van der Waals surface area contributed by atoms with Crippen molar-refractivity contribution in [2.45, 2.75) is 6.04 Å². The third-order valence-corrected chi connectivity index (χ3v) is 4.36. The zero-order valence-electron chi connectivity index (χ0n) is 12.0. The van der Waals surface area contributed by atoms with Gasteiger partial charge < -0.3 is 9.64 Å². The number of nitrogens with zero attached hydrogens (tertiary/aromatic N) is 2. The Kier molecular flexibility index (Phi) is 3.17. The van der Waals surface area contributed by atoms with Crippen LogP contribution in [0.1, 0.15) is 11.6 Å². The minimum absolute atomic E-state index is 0.0587. The van der Waals surface area contributed by atoms with Gasteiger partial charge in [-0.2, -0.15) is 0 Å². The van der Waals surface area contributed by atoms with Crippen LogP contribution < -0.4 is 4.74 Å². The molecule has 1 aromatic rings. The average molecular weight is 278 g/mol. The van der Waals surface area contributed by atoms with Gasteiger partial charge in [0.15, 0.2) is 0 Å². The lowest BCUT2D eigenvalue weighted by Crippen LogP contribution is -2.37. The second-order valence-corrected chi connectivity index (χ2v) is 5.88. The van der Waals surface area contributed by atoms with Crippen LogP contribution in [0.15, 0.2) is 18.2 Å². The van der Waals surface area contributed by atoms with Crippen LogP contribution in [0.5, 0.6) is 5.75 Å². The number of fused-ring (bicyclic) bond motifs is 3. The molecule has 0 N–H and O–H groups in total. The van der Waals surface area contributed by atoms with E-state index in [2.05, 4.69) is 4.90 Å². The monoisotopic (exact) mass is 278 g/mol.